The molecule has 0 nitrogen and oxygen atoms in total. The van der Waals surface area contributed by atoms with Crippen LogP contribution in [-0.4, -0.2) is 5.33 Å². The lowest BCUT2D eigenvalue weighted by Crippen LogP contribution is -2.20. The van der Waals surface area contributed by atoms with Gasteiger partial charge < -0.3 is 0 Å². The Labute approximate surface area is 108 Å². The maximum absolute atomic E-state index is 13.3. The largest absolute Gasteiger partial charge is 0.206 e. The molecule has 15 heavy (non-hydrogen) atoms. The Balaban J connectivity index is 2.94. The number of rotatable bonds is 4. The molecule has 0 aliphatic heterocycles. The second-order valence-corrected chi connectivity index (χ2v) is 5.54. The third-order valence-corrected chi connectivity index (χ3v) is 5.07. The summed E-state index contributed by atoms with van der Waals surface area (Å²) in [5, 5.41) is 0.930. The summed E-state index contributed by atoms with van der Waals surface area (Å²) < 4.78 is 13.9. The minimum atomic E-state index is -0.180. The van der Waals surface area contributed by atoms with Crippen LogP contribution in [0, 0.1) is 11.2 Å². The number of alkyl halides is 1. The molecule has 0 heterocycles. The molecule has 1 unspecified atom stereocenters. The molecule has 1 atom stereocenters. The first kappa shape index (κ1) is 13.2. The predicted molar refractivity (Wildman–Crippen MR) is 70.0 cm³/mol. The molecule has 0 aliphatic rings. The smallest absolute Gasteiger partial charge is 0.137 e. The van der Waals surface area contributed by atoms with Crippen LogP contribution in [0.3, 0.4) is 0 Å². The van der Waals surface area contributed by atoms with Gasteiger partial charge in [0.15, 0.2) is 0 Å². The van der Waals surface area contributed by atoms with Crippen LogP contribution in [0.25, 0.3) is 0 Å². The fourth-order valence-electron chi connectivity index (χ4n) is 1.41. The molecule has 0 saturated carbocycles. The van der Waals surface area contributed by atoms with Gasteiger partial charge >= 0.3 is 0 Å². The number of benzene rings is 1. The minimum Gasteiger partial charge on any atom is -0.206 e. The normalized spacial score (nSPS) is 15.0. The van der Waals surface area contributed by atoms with Crippen LogP contribution in [-0.2, 0) is 6.42 Å². The van der Waals surface area contributed by atoms with Crippen LogP contribution in [0.4, 0.5) is 4.39 Å². The Morgan fingerprint density at radius 3 is 2.60 bits per heavy atom. The van der Waals surface area contributed by atoms with E-state index >= 15 is 0 Å². The summed E-state index contributed by atoms with van der Waals surface area (Å²) in [7, 11) is 0. The predicted octanol–water partition coefficient (Wildman–Crippen LogP) is 4.94. The van der Waals surface area contributed by atoms with Crippen molar-refractivity contribution in [2.24, 2.45) is 5.41 Å². The quantitative estimate of drug-likeness (QED) is 0.682. The van der Waals surface area contributed by atoms with E-state index in [4.69, 9.17) is 0 Å². The monoisotopic (exact) mass is 336 g/mol. The fourth-order valence-corrected chi connectivity index (χ4v) is 2.41. The van der Waals surface area contributed by atoms with E-state index in [-0.39, 0.29) is 11.2 Å². The second kappa shape index (κ2) is 5.44. The van der Waals surface area contributed by atoms with Gasteiger partial charge in [-0.2, -0.15) is 0 Å². The van der Waals surface area contributed by atoms with Crippen LogP contribution in [0.1, 0.15) is 25.8 Å². The molecule has 0 aliphatic carbocycles. The molecule has 0 amide bonds. The minimum absolute atomic E-state index is 0.180. The van der Waals surface area contributed by atoms with Gasteiger partial charge in [-0.15, -0.1) is 0 Å². The standard InChI is InChI=1S/C12H15Br2F/c1-3-12(2,8-13)7-9-5-4-6-10(15)11(9)14/h4-6H,3,7-8H2,1-2H3. The Morgan fingerprint density at radius 2 is 2.07 bits per heavy atom. The van der Waals surface area contributed by atoms with Crippen molar-refractivity contribution in [3.05, 3.63) is 34.1 Å². The van der Waals surface area contributed by atoms with Gasteiger partial charge in [0.05, 0.1) is 4.47 Å². The zero-order chi connectivity index (χ0) is 11.5. The van der Waals surface area contributed by atoms with Gasteiger partial charge in [-0.3, -0.25) is 0 Å². The van der Waals surface area contributed by atoms with Crippen molar-refractivity contribution < 1.29 is 4.39 Å². The molecule has 0 bridgehead atoms. The van der Waals surface area contributed by atoms with E-state index in [0.29, 0.717) is 4.47 Å². The molecular formula is C12H15Br2F. The highest BCUT2D eigenvalue weighted by Crippen LogP contribution is 2.32. The Kier molecular flexibility index (Phi) is 4.78. The summed E-state index contributed by atoms with van der Waals surface area (Å²) in [4.78, 5) is 0. The highest BCUT2D eigenvalue weighted by Gasteiger charge is 2.22. The lowest BCUT2D eigenvalue weighted by atomic mass is 9.83. The van der Waals surface area contributed by atoms with E-state index in [1.165, 1.54) is 6.07 Å². The summed E-state index contributed by atoms with van der Waals surface area (Å²) in [6.07, 6.45) is 1.95. The van der Waals surface area contributed by atoms with E-state index in [9.17, 15) is 4.39 Å². The number of hydrogen-bond acceptors (Lipinski definition) is 0. The van der Waals surface area contributed by atoms with Gasteiger partial charge in [0.2, 0.25) is 0 Å². The van der Waals surface area contributed by atoms with Crippen LogP contribution in [0.5, 0.6) is 0 Å². The van der Waals surface area contributed by atoms with Crippen molar-refractivity contribution in [1.29, 1.82) is 0 Å². The first-order valence-electron chi connectivity index (χ1n) is 5.01. The third-order valence-electron chi connectivity index (χ3n) is 2.82. The molecule has 1 rings (SSSR count). The SMILES string of the molecule is CCC(C)(CBr)Cc1cccc(F)c1Br. The van der Waals surface area contributed by atoms with Gasteiger partial charge in [-0.05, 0) is 45.8 Å². The van der Waals surface area contributed by atoms with Gasteiger partial charge in [-0.25, -0.2) is 4.39 Å². The first-order chi connectivity index (χ1) is 7.02. The van der Waals surface area contributed by atoms with Gasteiger partial charge in [0.1, 0.15) is 5.82 Å². The maximum Gasteiger partial charge on any atom is 0.137 e. The zero-order valence-electron chi connectivity index (χ0n) is 8.99. The Hall–Kier alpha value is 0.110. The highest BCUT2D eigenvalue weighted by atomic mass is 79.9. The summed E-state index contributed by atoms with van der Waals surface area (Å²) >= 11 is 6.82. The van der Waals surface area contributed by atoms with Gasteiger partial charge in [0.25, 0.3) is 0 Å². The van der Waals surface area contributed by atoms with Crippen molar-refractivity contribution in [3.63, 3.8) is 0 Å². The van der Waals surface area contributed by atoms with E-state index in [0.717, 1.165) is 23.7 Å². The first-order valence-corrected chi connectivity index (χ1v) is 6.93. The molecule has 0 aromatic heterocycles. The molecule has 0 fully saturated rings. The summed E-state index contributed by atoms with van der Waals surface area (Å²) in [5.74, 6) is -0.180. The van der Waals surface area contributed by atoms with Crippen LogP contribution >= 0.6 is 31.9 Å². The van der Waals surface area contributed by atoms with Crippen molar-refractivity contribution in [1.82, 2.24) is 0 Å². The molecular weight excluding hydrogens is 323 g/mol. The van der Waals surface area contributed by atoms with E-state index in [2.05, 4.69) is 45.7 Å². The molecule has 0 spiro atoms. The third kappa shape index (κ3) is 3.28. The average molecular weight is 338 g/mol. The Bertz CT molecular complexity index is 332. The molecule has 1 aromatic carbocycles. The maximum atomic E-state index is 13.3. The number of hydrogen-bond donors (Lipinski definition) is 0. The Morgan fingerprint density at radius 1 is 1.40 bits per heavy atom. The molecule has 0 N–H and O–H groups in total. The van der Waals surface area contributed by atoms with Crippen LogP contribution in [0.15, 0.2) is 22.7 Å². The average Bonchev–Trinajstić information content (AvgIpc) is 2.25. The fraction of sp³-hybridized carbons (Fsp3) is 0.500. The van der Waals surface area contributed by atoms with Crippen LogP contribution < -0.4 is 0 Å². The van der Waals surface area contributed by atoms with E-state index in [1.807, 2.05) is 6.07 Å². The van der Waals surface area contributed by atoms with Crippen molar-refractivity contribution in [2.45, 2.75) is 26.7 Å². The molecule has 0 saturated heterocycles. The van der Waals surface area contributed by atoms with Gasteiger partial charge in [0, 0.05) is 5.33 Å². The summed E-state index contributed by atoms with van der Waals surface area (Å²) in [6.45, 7) is 4.37. The van der Waals surface area contributed by atoms with Crippen molar-refractivity contribution in [3.8, 4) is 0 Å². The van der Waals surface area contributed by atoms with Crippen molar-refractivity contribution >= 4 is 31.9 Å². The second-order valence-electron chi connectivity index (χ2n) is 4.19. The molecule has 3 heteroatoms. The molecule has 1 aromatic rings. The lowest BCUT2D eigenvalue weighted by molar-refractivity contribution is 0.360. The number of halogens is 3. The topological polar surface area (TPSA) is 0 Å². The van der Waals surface area contributed by atoms with Crippen LogP contribution in [0.2, 0.25) is 0 Å². The zero-order valence-corrected chi connectivity index (χ0v) is 12.2. The lowest BCUT2D eigenvalue weighted by Gasteiger charge is -2.26. The highest BCUT2D eigenvalue weighted by molar-refractivity contribution is 9.10. The summed E-state index contributed by atoms with van der Waals surface area (Å²) in [6, 6.07) is 5.22. The van der Waals surface area contributed by atoms with Gasteiger partial charge in [-0.1, -0.05) is 41.9 Å². The van der Waals surface area contributed by atoms with Crippen molar-refractivity contribution in [2.75, 3.05) is 5.33 Å². The van der Waals surface area contributed by atoms with E-state index in [1.54, 1.807) is 6.07 Å². The molecule has 84 valence electrons. The van der Waals surface area contributed by atoms with E-state index < -0.39 is 0 Å². The summed E-state index contributed by atoms with van der Waals surface area (Å²) in [5.41, 5.74) is 1.23. The molecule has 0 radical (unpaired) electrons.